The zero-order valence-electron chi connectivity index (χ0n) is 13.2. The zero-order chi connectivity index (χ0) is 16.2. The normalized spacial score (nSPS) is 10.9. The van der Waals surface area contributed by atoms with Crippen LogP contribution in [0.4, 0.5) is 10.1 Å². The predicted molar refractivity (Wildman–Crippen MR) is 82.2 cm³/mol. The molecule has 6 nitrogen and oxygen atoms in total. The molecule has 0 aromatic heterocycles. The fourth-order valence-corrected chi connectivity index (χ4v) is 1.52. The van der Waals surface area contributed by atoms with Crippen molar-refractivity contribution in [1.29, 1.82) is 0 Å². The molecule has 124 valence electrons. The fraction of sp³-hybridized carbons (Fsp3) is 0.533. The van der Waals surface area contributed by atoms with Crippen molar-refractivity contribution in [3.8, 4) is 11.5 Å². The molecule has 1 aromatic rings. The number of nitrogens with zero attached hydrogens (tertiary/aromatic N) is 1. The van der Waals surface area contributed by atoms with Gasteiger partial charge in [0.2, 0.25) is 0 Å². The van der Waals surface area contributed by atoms with Gasteiger partial charge in [0.15, 0.2) is 24.1 Å². The summed E-state index contributed by atoms with van der Waals surface area (Å²) in [4.78, 5) is 8.87. The van der Waals surface area contributed by atoms with E-state index in [-0.39, 0.29) is 12.5 Å². The molecule has 1 rings (SSSR count). The standard InChI is InChI=1S/C15H23FN2O4/c1-4-6-20-14-9-12(17-10-18-22-11-19-3)8-13(16)15(14)21-7-5-2/h8-10H,4-7,11H2,1-3H3,(H,17,18). The van der Waals surface area contributed by atoms with E-state index < -0.39 is 5.82 Å². The SMILES string of the molecule is CCCOc1cc(N=CNOCOC)cc(F)c1OCCC. The molecule has 0 amide bonds. The predicted octanol–water partition coefficient (Wildman–Crippen LogP) is 3.19. The number of benzene rings is 1. The zero-order valence-corrected chi connectivity index (χ0v) is 13.2. The van der Waals surface area contributed by atoms with Crippen molar-refractivity contribution in [1.82, 2.24) is 5.48 Å². The molecule has 1 aromatic carbocycles. The van der Waals surface area contributed by atoms with Crippen molar-refractivity contribution in [2.45, 2.75) is 26.7 Å². The number of methoxy groups -OCH3 is 1. The van der Waals surface area contributed by atoms with E-state index in [2.05, 4.69) is 15.2 Å². The van der Waals surface area contributed by atoms with Crippen molar-refractivity contribution in [2.75, 3.05) is 27.1 Å². The Morgan fingerprint density at radius 1 is 1.18 bits per heavy atom. The Bertz CT molecular complexity index is 469. The minimum absolute atomic E-state index is 0.0784. The maximum Gasteiger partial charge on any atom is 0.197 e. The Hall–Kier alpha value is -1.86. The molecule has 0 bridgehead atoms. The first-order chi connectivity index (χ1) is 10.7. The van der Waals surface area contributed by atoms with Crippen LogP contribution in [0.3, 0.4) is 0 Å². The summed E-state index contributed by atoms with van der Waals surface area (Å²) in [6.45, 7) is 4.91. The van der Waals surface area contributed by atoms with Crippen LogP contribution in [0.25, 0.3) is 0 Å². The molecule has 0 aliphatic carbocycles. The maximum atomic E-state index is 14.1. The van der Waals surface area contributed by atoms with Crippen molar-refractivity contribution in [2.24, 2.45) is 4.99 Å². The monoisotopic (exact) mass is 314 g/mol. The second kappa shape index (κ2) is 10.8. The van der Waals surface area contributed by atoms with Crippen molar-refractivity contribution in [3.63, 3.8) is 0 Å². The van der Waals surface area contributed by atoms with E-state index in [1.807, 2.05) is 13.8 Å². The van der Waals surface area contributed by atoms with E-state index in [4.69, 9.17) is 14.3 Å². The third-order valence-corrected chi connectivity index (χ3v) is 2.43. The summed E-state index contributed by atoms with van der Waals surface area (Å²) in [6, 6.07) is 2.90. The van der Waals surface area contributed by atoms with Gasteiger partial charge < -0.3 is 14.2 Å². The molecule has 0 unspecified atom stereocenters. The average Bonchev–Trinajstić information content (AvgIpc) is 2.51. The van der Waals surface area contributed by atoms with E-state index in [0.29, 0.717) is 24.7 Å². The van der Waals surface area contributed by atoms with E-state index in [0.717, 1.165) is 12.8 Å². The molecule has 0 heterocycles. The highest BCUT2D eigenvalue weighted by atomic mass is 19.1. The Balaban J connectivity index is 2.83. The van der Waals surface area contributed by atoms with Gasteiger partial charge in [0.25, 0.3) is 0 Å². The van der Waals surface area contributed by atoms with E-state index in [9.17, 15) is 4.39 Å². The Labute approximate surface area is 130 Å². The van der Waals surface area contributed by atoms with Crippen molar-refractivity contribution < 1.29 is 23.4 Å². The van der Waals surface area contributed by atoms with E-state index in [1.54, 1.807) is 6.07 Å². The van der Waals surface area contributed by atoms with Gasteiger partial charge in [-0.05, 0) is 12.8 Å². The van der Waals surface area contributed by atoms with Gasteiger partial charge in [0.05, 0.1) is 18.9 Å². The van der Waals surface area contributed by atoms with Crippen LogP contribution in [0.2, 0.25) is 0 Å². The summed E-state index contributed by atoms with van der Waals surface area (Å²) >= 11 is 0. The van der Waals surface area contributed by atoms with Crippen LogP contribution in [0.1, 0.15) is 26.7 Å². The van der Waals surface area contributed by atoms with Gasteiger partial charge in [-0.15, -0.1) is 0 Å². The van der Waals surface area contributed by atoms with Crippen LogP contribution in [0.5, 0.6) is 11.5 Å². The fourth-order valence-electron chi connectivity index (χ4n) is 1.52. The molecule has 0 fully saturated rings. The molecule has 7 heteroatoms. The molecule has 0 aliphatic heterocycles. The minimum Gasteiger partial charge on any atom is -0.490 e. The third-order valence-electron chi connectivity index (χ3n) is 2.43. The minimum atomic E-state index is -0.507. The first kappa shape index (κ1) is 18.2. The van der Waals surface area contributed by atoms with Crippen molar-refractivity contribution >= 4 is 12.0 Å². The third kappa shape index (κ3) is 6.28. The number of hydroxylamine groups is 1. The average molecular weight is 314 g/mol. The molecule has 0 atom stereocenters. The lowest BCUT2D eigenvalue weighted by Crippen LogP contribution is -2.13. The second-order valence-corrected chi connectivity index (χ2v) is 4.38. The van der Waals surface area contributed by atoms with Gasteiger partial charge in [-0.3, -0.25) is 5.48 Å². The first-order valence-electron chi connectivity index (χ1n) is 7.20. The highest BCUT2D eigenvalue weighted by molar-refractivity contribution is 5.62. The number of ether oxygens (including phenoxy) is 3. The summed E-state index contributed by atoms with van der Waals surface area (Å²) < 4.78 is 29.8. The number of aliphatic imine (C=N–C) groups is 1. The molecular formula is C15H23FN2O4. The number of halogens is 1. The number of rotatable bonds is 11. The van der Waals surface area contributed by atoms with E-state index in [1.165, 1.54) is 19.5 Å². The highest BCUT2D eigenvalue weighted by Gasteiger charge is 2.13. The van der Waals surface area contributed by atoms with Gasteiger partial charge in [-0.2, -0.15) is 0 Å². The number of hydrogen-bond donors (Lipinski definition) is 1. The van der Waals surface area contributed by atoms with Crippen LogP contribution in [0, 0.1) is 5.82 Å². The van der Waals surface area contributed by atoms with Gasteiger partial charge >= 0.3 is 0 Å². The van der Waals surface area contributed by atoms with Crippen LogP contribution < -0.4 is 15.0 Å². The summed E-state index contributed by atoms with van der Waals surface area (Å²) in [7, 11) is 1.50. The largest absolute Gasteiger partial charge is 0.490 e. The summed E-state index contributed by atoms with van der Waals surface area (Å²) in [5, 5.41) is 0. The second-order valence-electron chi connectivity index (χ2n) is 4.38. The lowest BCUT2D eigenvalue weighted by Gasteiger charge is -2.13. The topological polar surface area (TPSA) is 61.3 Å². The van der Waals surface area contributed by atoms with Gasteiger partial charge in [-0.25, -0.2) is 14.2 Å². The highest BCUT2D eigenvalue weighted by Crippen LogP contribution is 2.35. The van der Waals surface area contributed by atoms with Crippen LogP contribution in [-0.4, -0.2) is 33.5 Å². The van der Waals surface area contributed by atoms with Gasteiger partial charge in [-0.1, -0.05) is 13.8 Å². The van der Waals surface area contributed by atoms with Gasteiger partial charge in [0.1, 0.15) is 6.34 Å². The molecule has 22 heavy (non-hydrogen) atoms. The lowest BCUT2D eigenvalue weighted by molar-refractivity contribution is -0.0573. The lowest BCUT2D eigenvalue weighted by atomic mass is 10.2. The van der Waals surface area contributed by atoms with E-state index >= 15 is 0 Å². The molecule has 1 N–H and O–H groups in total. The molecule has 0 saturated carbocycles. The maximum absolute atomic E-state index is 14.1. The summed E-state index contributed by atoms with van der Waals surface area (Å²) in [5.41, 5.74) is 2.84. The molecule has 0 radical (unpaired) electrons. The smallest absolute Gasteiger partial charge is 0.197 e. The Kier molecular flexibility index (Phi) is 8.94. The molecule has 0 aliphatic rings. The Morgan fingerprint density at radius 3 is 2.59 bits per heavy atom. The van der Waals surface area contributed by atoms with Gasteiger partial charge in [0, 0.05) is 19.2 Å². The Morgan fingerprint density at radius 2 is 1.91 bits per heavy atom. The summed E-state index contributed by atoms with van der Waals surface area (Å²) in [5.74, 6) is -0.0369. The van der Waals surface area contributed by atoms with Crippen molar-refractivity contribution in [3.05, 3.63) is 17.9 Å². The summed E-state index contributed by atoms with van der Waals surface area (Å²) in [6.07, 6.45) is 2.89. The molecule has 0 spiro atoms. The first-order valence-corrected chi connectivity index (χ1v) is 7.20. The van der Waals surface area contributed by atoms with Crippen LogP contribution in [-0.2, 0) is 9.57 Å². The van der Waals surface area contributed by atoms with Crippen LogP contribution >= 0.6 is 0 Å². The van der Waals surface area contributed by atoms with Crippen LogP contribution in [0.15, 0.2) is 17.1 Å². The number of hydrogen-bond acceptors (Lipinski definition) is 5. The molecular weight excluding hydrogens is 291 g/mol. The number of nitrogens with one attached hydrogen (secondary N) is 1. The molecule has 0 saturated heterocycles. The quantitative estimate of drug-likeness (QED) is 0.223.